The van der Waals surface area contributed by atoms with Crippen LogP contribution in [0.25, 0.3) is 0 Å². The third kappa shape index (κ3) is 2.76. The summed E-state index contributed by atoms with van der Waals surface area (Å²) in [6.07, 6.45) is 3.58. The van der Waals surface area contributed by atoms with Gasteiger partial charge in [0.2, 0.25) is 11.5 Å². The standard InChI is InChI=1S/C19H30N2O4/c1-19(10-12-8-7-9-21(12)2)11-20-14-13(19)15(22-3)17(24-5)18(25-6)16(14)23-4/h12,20H,7-11H2,1-6H3/t12-,19?/m1/s1. The summed E-state index contributed by atoms with van der Waals surface area (Å²) >= 11 is 0. The predicted molar refractivity (Wildman–Crippen MR) is 98.8 cm³/mol. The number of benzene rings is 1. The van der Waals surface area contributed by atoms with Crippen molar-refractivity contribution in [3.05, 3.63) is 5.56 Å². The van der Waals surface area contributed by atoms with Crippen LogP contribution in [0.3, 0.4) is 0 Å². The van der Waals surface area contributed by atoms with Crippen LogP contribution in [0.4, 0.5) is 5.69 Å². The Morgan fingerprint density at radius 3 is 2.12 bits per heavy atom. The van der Waals surface area contributed by atoms with Gasteiger partial charge in [0.05, 0.1) is 34.1 Å². The zero-order valence-corrected chi connectivity index (χ0v) is 16.2. The molecule has 140 valence electrons. The van der Waals surface area contributed by atoms with Crippen LogP contribution in [-0.4, -0.2) is 59.5 Å². The monoisotopic (exact) mass is 350 g/mol. The van der Waals surface area contributed by atoms with Crippen molar-refractivity contribution < 1.29 is 18.9 Å². The lowest BCUT2D eigenvalue weighted by Gasteiger charge is -2.32. The van der Waals surface area contributed by atoms with Gasteiger partial charge in [-0.3, -0.25) is 0 Å². The first-order valence-electron chi connectivity index (χ1n) is 8.85. The Morgan fingerprint density at radius 1 is 1.00 bits per heavy atom. The van der Waals surface area contributed by atoms with E-state index < -0.39 is 0 Å². The normalized spacial score (nSPS) is 25.4. The van der Waals surface area contributed by atoms with Crippen LogP contribution in [0.15, 0.2) is 0 Å². The van der Waals surface area contributed by atoms with Gasteiger partial charge < -0.3 is 29.2 Å². The van der Waals surface area contributed by atoms with Gasteiger partial charge in [-0.15, -0.1) is 0 Å². The third-order valence-corrected chi connectivity index (χ3v) is 5.76. The van der Waals surface area contributed by atoms with E-state index in [2.05, 4.69) is 24.2 Å². The van der Waals surface area contributed by atoms with Gasteiger partial charge >= 0.3 is 0 Å². The predicted octanol–water partition coefficient (Wildman–Crippen LogP) is 2.89. The number of hydrogen-bond donors (Lipinski definition) is 1. The summed E-state index contributed by atoms with van der Waals surface area (Å²) in [4.78, 5) is 2.47. The molecule has 1 fully saturated rings. The number of ether oxygens (including phenoxy) is 4. The molecular weight excluding hydrogens is 320 g/mol. The van der Waals surface area contributed by atoms with Crippen molar-refractivity contribution in [2.75, 3.05) is 53.9 Å². The second kappa shape index (κ2) is 6.83. The number of likely N-dealkylation sites (tertiary alicyclic amines) is 1. The van der Waals surface area contributed by atoms with Crippen LogP contribution < -0.4 is 24.3 Å². The molecule has 0 radical (unpaired) electrons. The summed E-state index contributed by atoms with van der Waals surface area (Å²) < 4.78 is 22.7. The molecule has 2 aliphatic rings. The molecule has 0 spiro atoms. The maximum Gasteiger partial charge on any atom is 0.209 e. The molecule has 2 atom stereocenters. The molecule has 1 aromatic rings. The minimum atomic E-state index is -0.0588. The van der Waals surface area contributed by atoms with Gasteiger partial charge in [-0.25, -0.2) is 0 Å². The molecule has 1 unspecified atom stereocenters. The van der Waals surface area contributed by atoms with Crippen molar-refractivity contribution in [1.82, 2.24) is 4.90 Å². The molecule has 1 aromatic carbocycles. The Bertz CT molecular complexity index is 649. The fourth-order valence-electron chi connectivity index (χ4n) is 4.47. The first kappa shape index (κ1) is 18.0. The summed E-state index contributed by atoms with van der Waals surface area (Å²) in [6.45, 7) is 4.31. The van der Waals surface area contributed by atoms with Gasteiger partial charge in [0.15, 0.2) is 11.5 Å². The Labute approximate surface area is 150 Å². The summed E-state index contributed by atoms with van der Waals surface area (Å²) in [6, 6.07) is 0.585. The Hall–Kier alpha value is -1.82. The van der Waals surface area contributed by atoms with E-state index in [0.29, 0.717) is 23.3 Å². The topological polar surface area (TPSA) is 52.2 Å². The van der Waals surface area contributed by atoms with Crippen LogP contribution in [0.5, 0.6) is 23.0 Å². The van der Waals surface area contributed by atoms with Crippen molar-refractivity contribution >= 4 is 5.69 Å². The molecule has 6 heteroatoms. The second-order valence-corrected chi connectivity index (χ2v) is 7.28. The van der Waals surface area contributed by atoms with Crippen molar-refractivity contribution in [3.8, 4) is 23.0 Å². The first-order chi connectivity index (χ1) is 12.0. The lowest BCUT2D eigenvalue weighted by atomic mass is 9.77. The molecule has 1 N–H and O–H groups in total. The van der Waals surface area contributed by atoms with Crippen LogP contribution in [0, 0.1) is 0 Å². The summed E-state index contributed by atoms with van der Waals surface area (Å²) in [7, 11) is 8.82. The summed E-state index contributed by atoms with van der Waals surface area (Å²) in [5.41, 5.74) is 2.03. The maximum atomic E-state index is 5.79. The molecule has 6 nitrogen and oxygen atoms in total. The van der Waals surface area contributed by atoms with Gasteiger partial charge in [-0.1, -0.05) is 6.92 Å². The lowest BCUT2D eigenvalue weighted by molar-refractivity contribution is 0.249. The molecule has 25 heavy (non-hydrogen) atoms. The van der Waals surface area contributed by atoms with Crippen LogP contribution in [0.1, 0.15) is 31.7 Å². The minimum Gasteiger partial charge on any atom is -0.492 e. The largest absolute Gasteiger partial charge is 0.492 e. The fourth-order valence-corrected chi connectivity index (χ4v) is 4.47. The molecule has 0 bridgehead atoms. The maximum absolute atomic E-state index is 5.79. The van der Waals surface area contributed by atoms with Crippen LogP contribution in [0.2, 0.25) is 0 Å². The average Bonchev–Trinajstić information content (AvgIpc) is 3.16. The van der Waals surface area contributed by atoms with Crippen molar-refractivity contribution in [3.63, 3.8) is 0 Å². The summed E-state index contributed by atoms with van der Waals surface area (Å²) in [5, 5.41) is 3.54. The number of fused-ring (bicyclic) bond motifs is 1. The molecule has 2 heterocycles. The van der Waals surface area contributed by atoms with Gasteiger partial charge in [0.25, 0.3) is 0 Å². The van der Waals surface area contributed by atoms with E-state index in [9.17, 15) is 0 Å². The van der Waals surface area contributed by atoms with E-state index >= 15 is 0 Å². The van der Waals surface area contributed by atoms with E-state index in [1.165, 1.54) is 19.4 Å². The highest BCUT2D eigenvalue weighted by molar-refractivity contribution is 5.82. The fraction of sp³-hybridized carbons (Fsp3) is 0.684. The number of hydrogen-bond acceptors (Lipinski definition) is 6. The molecular formula is C19H30N2O4. The lowest BCUT2D eigenvalue weighted by Crippen LogP contribution is -2.35. The molecule has 0 aliphatic carbocycles. The molecule has 3 rings (SSSR count). The highest BCUT2D eigenvalue weighted by Gasteiger charge is 2.45. The number of nitrogens with one attached hydrogen (secondary N) is 1. The van der Waals surface area contributed by atoms with Crippen molar-refractivity contribution in [1.29, 1.82) is 0 Å². The van der Waals surface area contributed by atoms with Gasteiger partial charge in [0.1, 0.15) is 0 Å². The summed E-state index contributed by atoms with van der Waals surface area (Å²) in [5.74, 6) is 2.58. The SMILES string of the molecule is COc1c2c(c(OC)c(OC)c1OC)C(C)(C[C@H]1CCCN1C)CN2. The van der Waals surface area contributed by atoms with E-state index in [-0.39, 0.29) is 5.41 Å². The Kier molecular flexibility index (Phi) is 4.91. The Balaban J connectivity index is 2.13. The minimum absolute atomic E-state index is 0.0588. The molecule has 0 amide bonds. The Morgan fingerprint density at radius 2 is 1.60 bits per heavy atom. The molecule has 0 aromatic heterocycles. The van der Waals surface area contributed by atoms with Crippen LogP contribution >= 0.6 is 0 Å². The third-order valence-electron chi connectivity index (χ3n) is 5.76. The van der Waals surface area contributed by atoms with Crippen LogP contribution in [-0.2, 0) is 5.41 Å². The van der Waals surface area contributed by atoms with Gasteiger partial charge in [0, 0.05) is 23.6 Å². The number of methoxy groups -OCH3 is 4. The average molecular weight is 350 g/mol. The van der Waals surface area contributed by atoms with E-state index in [4.69, 9.17) is 18.9 Å². The molecule has 2 aliphatic heterocycles. The van der Waals surface area contributed by atoms with Gasteiger partial charge in [-0.05, 0) is 32.9 Å². The second-order valence-electron chi connectivity index (χ2n) is 7.28. The van der Waals surface area contributed by atoms with Gasteiger partial charge in [-0.2, -0.15) is 0 Å². The van der Waals surface area contributed by atoms with E-state index in [1.54, 1.807) is 28.4 Å². The number of nitrogens with zero attached hydrogens (tertiary/aromatic N) is 1. The van der Waals surface area contributed by atoms with E-state index in [1.807, 2.05) is 0 Å². The van der Waals surface area contributed by atoms with Crippen molar-refractivity contribution in [2.24, 2.45) is 0 Å². The van der Waals surface area contributed by atoms with Crippen molar-refractivity contribution in [2.45, 2.75) is 37.6 Å². The van der Waals surface area contributed by atoms with E-state index in [0.717, 1.165) is 30.0 Å². The molecule has 0 saturated carbocycles. The number of rotatable bonds is 6. The highest BCUT2D eigenvalue weighted by Crippen LogP contribution is 2.59. The first-order valence-corrected chi connectivity index (χ1v) is 8.85. The zero-order valence-electron chi connectivity index (χ0n) is 16.2. The molecule has 1 saturated heterocycles. The zero-order chi connectivity index (χ0) is 18.2. The quantitative estimate of drug-likeness (QED) is 0.851. The highest BCUT2D eigenvalue weighted by atomic mass is 16.5. The number of anilines is 1. The smallest absolute Gasteiger partial charge is 0.209 e.